The molecule has 14 nitrogen and oxygen atoms in total. The number of aliphatic hydroxyl groups excluding tert-OH is 1. The number of carboxylic acids is 1. The zero-order valence-corrected chi connectivity index (χ0v) is 31.4. The average molecular weight is 775 g/mol. The smallest absolute Gasteiger partial charge is 0.326 e. The maximum absolute atomic E-state index is 13.2. The van der Waals surface area contributed by atoms with E-state index in [0.717, 1.165) is 33.4 Å². The maximum atomic E-state index is 13.2. The minimum Gasteiger partial charge on any atom is -0.480 e. The van der Waals surface area contributed by atoms with Crippen LogP contribution in [0.1, 0.15) is 55.9 Å². The van der Waals surface area contributed by atoms with Crippen LogP contribution in [0.4, 0.5) is 5.69 Å². The first-order valence-electron chi connectivity index (χ1n) is 17.8. The number of nitrogens with one attached hydrogen (secondary N) is 3. The number of carbonyl (C=O) groups is 2. The number of aliphatic imine (C=N–C) groups is 1. The highest BCUT2D eigenvalue weighted by atomic mass is 35.5. The predicted octanol–water partition coefficient (Wildman–Crippen LogP) is 5.37. The van der Waals surface area contributed by atoms with Gasteiger partial charge in [-0.2, -0.15) is 10.2 Å². The molecule has 1 aliphatic heterocycles. The molecule has 15 heteroatoms. The van der Waals surface area contributed by atoms with Crippen molar-refractivity contribution in [3.63, 3.8) is 0 Å². The molecule has 6 rings (SSSR count). The van der Waals surface area contributed by atoms with Crippen molar-refractivity contribution in [2.24, 2.45) is 4.99 Å². The van der Waals surface area contributed by atoms with Crippen molar-refractivity contribution in [1.29, 1.82) is 5.26 Å². The summed E-state index contributed by atoms with van der Waals surface area (Å²) in [5, 5.41) is 37.1. The van der Waals surface area contributed by atoms with Gasteiger partial charge in [-0.25, -0.2) is 4.79 Å². The standard InChI is InChI=1S/C41H39ClN8O6/c1-24-29(5-3-6-30(24)31-7-4-8-34(25(31)2)49-38(52)35-10-9-26(21-47-35)18-44-13-14-51)23-56-40-33(42)16-32(37-46-12-11-36(48-37)41(53)54)39(50-40)55-22-28-15-27(17-43)19-45-20-28/h3-10,15-16,19-21,36,44,51H,11-14,18,22-23H2,1-2H3,(H,46,48)(H,49,52)(H,53,54). The fourth-order valence-electron chi connectivity index (χ4n) is 6.05. The van der Waals surface area contributed by atoms with Gasteiger partial charge >= 0.3 is 5.97 Å². The number of amidine groups is 1. The van der Waals surface area contributed by atoms with Gasteiger partial charge in [-0.05, 0) is 77.9 Å². The van der Waals surface area contributed by atoms with Crippen molar-refractivity contribution >= 4 is 35.0 Å². The number of amides is 1. The van der Waals surface area contributed by atoms with Gasteiger partial charge in [0.05, 0.1) is 17.7 Å². The summed E-state index contributed by atoms with van der Waals surface area (Å²) in [6.07, 6.45) is 4.97. The van der Waals surface area contributed by atoms with Crippen LogP contribution in [-0.4, -0.2) is 68.6 Å². The molecule has 5 N–H and O–H groups in total. The van der Waals surface area contributed by atoms with E-state index in [-0.39, 0.29) is 60.6 Å². The molecule has 0 aliphatic carbocycles. The van der Waals surface area contributed by atoms with Gasteiger partial charge in [0.1, 0.15) is 41.9 Å². The van der Waals surface area contributed by atoms with E-state index >= 15 is 0 Å². The first-order valence-corrected chi connectivity index (χ1v) is 18.1. The zero-order chi connectivity index (χ0) is 39.6. The number of aliphatic carboxylic acids is 1. The minimum atomic E-state index is -1.01. The van der Waals surface area contributed by atoms with E-state index in [1.54, 1.807) is 30.6 Å². The van der Waals surface area contributed by atoms with E-state index in [0.29, 0.717) is 41.9 Å². The van der Waals surface area contributed by atoms with Gasteiger partial charge in [0.15, 0.2) is 0 Å². The molecule has 0 spiro atoms. The number of rotatable bonds is 15. The van der Waals surface area contributed by atoms with Crippen LogP contribution < -0.4 is 25.4 Å². The number of halogens is 1. The highest BCUT2D eigenvalue weighted by Crippen LogP contribution is 2.34. The molecule has 0 radical (unpaired) electrons. The molecule has 1 aliphatic rings. The molecule has 56 heavy (non-hydrogen) atoms. The number of nitrogens with zero attached hydrogens (tertiary/aromatic N) is 5. The molecule has 4 heterocycles. The summed E-state index contributed by atoms with van der Waals surface area (Å²) in [7, 11) is 0. The Bertz CT molecular complexity index is 2310. The molecule has 286 valence electrons. The van der Waals surface area contributed by atoms with Crippen LogP contribution in [0.25, 0.3) is 11.1 Å². The Hall–Kier alpha value is -6.40. The summed E-state index contributed by atoms with van der Waals surface area (Å²) >= 11 is 6.73. The quantitative estimate of drug-likeness (QED) is 0.0853. The number of ether oxygens (including phenoxy) is 2. The van der Waals surface area contributed by atoms with Crippen molar-refractivity contribution in [3.05, 3.63) is 129 Å². The number of aliphatic hydroxyl groups is 1. The average Bonchev–Trinajstić information content (AvgIpc) is 3.21. The highest BCUT2D eigenvalue weighted by molar-refractivity contribution is 6.32. The number of nitriles is 1. The second-order valence-electron chi connectivity index (χ2n) is 12.9. The van der Waals surface area contributed by atoms with E-state index in [9.17, 15) is 20.0 Å². The molecule has 5 aromatic rings. The van der Waals surface area contributed by atoms with Crippen LogP contribution >= 0.6 is 11.6 Å². The minimum absolute atomic E-state index is 0.00584. The Kier molecular flexibility index (Phi) is 12.8. The Morgan fingerprint density at radius 2 is 1.75 bits per heavy atom. The monoisotopic (exact) mass is 774 g/mol. The van der Waals surface area contributed by atoms with E-state index in [4.69, 9.17) is 26.2 Å². The Morgan fingerprint density at radius 3 is 2.50 bits per heavy atom. The molecular weight excluding hydrogens is 736 g/mol. The van der Waals surface area contributed by atoms with Crippen molar-refractivity contribution in [1.82, 2.24) is 25.6 Å². The molecule has 0 fully saturated rings. The number of hydrogen-bond donors (Lipinski definition) is 5. The van der Waals surface area contributed by atoms with Crippen molar-refractivity contribution in [2.45, 2.75) is 46.1 Å². The van der Waals surface area contributed by atoms with Crippen molar-refractivity contribution < 1.29 is 29.3 Å². The van der Waals surface area contributed by atoms with E-state index < -0.39 is 12.0 Å². The summed E-state index contributed by atoms with van der Waals surface area (Å²) in [5.41, 5.74) is 7.72. The Labute approximate surface area is 328 Å². The van der Waals surface area contributed by atoms with Crippen LogP contribution in [0, 0.1) is 25.2 Å². The maximum Gasteiger partial charge on any atom is 0.326 e. The largest absolute Gasteiger partial charge is 0.480 e. The number of aromatic nitrogens is 3. The third-order valence-electron chi connectivity index (χ3n) is 9.12. The van der Waals surface area contributed by atoms with Crippen LogP contribution in [0.15, 0.2) is 84.2 Å². The van der Waals surface area contributed by atoms with Gasteiger partial charge in [0.2, 0.25) is 11.8 Å². The molecule has 0 saturated heterocycles. The summed E-state index contributed by atoms with van der Waals surface area (Å²) < 4.78 is 12.3. The van der Waals surface area contributed by atoms with Crippen LogP contribution in [0.2, 0.25) is 5.02 Å². The van der Waals surface area contributed by atoms with Crippen LogP contribution in [0.5, 0.6) is 11.8 Å². The molecule has 0 bridgehead atoms. The number of carbonyl (C=O) groups excluding carboxylic acids is 1. The second-order valence-corrected chi connectivity index (χ2v) is 13.3. The zero-order valence-electron chi connectivity index (χ0n) is 30.7. The summed E-state index contributed by atoms with van der Waals surface area (Å²) in [5.74, 6) is -0.874. The van der Waals surface area contributed by atoms with Crippen molar-refractivity contribution in [2.75, 3.05) is 25.0 Å². The molecule has 0 saturated carbocycles. The fraction of sp³-hybridized carbons (Fsp3) is 0.244. The van der Waals surface area contributed by atoms with Gasteiger partial charge in [0.25, 0.3) is 5.91 Å². The summed E-state index contributed by atoms with van der Waals surface area (Å²) in [6, 6.07) is 19.5. The Balaban J connectivity index is 1.21. The number of benzene rings is 2. The molecule has 3 aromatic heterocycles. The third kappa shape index (κ3) is 9.45. The van der Waals surface area contributed by atoms with E-state index in [1.807, 2.05) is 56.3 Å². The lowest BCUT2D eigenvalue weighted by atomic mass is 9.93. The predicted molar refractivity (Wildman–Crippen MR) is 210 cm³/mol. The molecule has 1 unspecified atom stereocenters. The van der Waals surface area contributed by atoms with Crippen LogP contribution in [-0.2, 0) is 24.6 Å². The third-order valence-corrected chi connectivity index (χ3v) is 9.39. The number of anilines is 1. The highest BCUT2D eigenvalue weighted by Gasteiger charge is 2.26. The number of carboxylic acid groups (broad SMARTS) is 1. The first-order chi connectivity index (χ1) is 27.1. The van der Waals surface area contributed by atoms with E-state index in [1.165, 1.54) is 6.20 Å². The normalized spacial score (nSPS) is 13.6. The van der Waals surface area contributed by atoms with Crippen molar-refractivity contribution in [3.8, 4) is 29.0 Å². The summed E-state index contributed by atoms with van der Waals surface area (Å²) in [4.78, 5) is 42.4. The summed E-state index contributed by atoms with van der Waals surface area (Å²) in [6.45, 7) is 5.37. The lowest BCUT2D eigenvalue weighted by Gasteiger charge is -2.23. The molecule has 2 aromatic carbocycles. The number of pyridine rings is 3. The van der Waals surface area contributed by atoms with Gasteiger partial charge in [-0.1, -0.05) is 48.0 Å². The van der Waals surface area contributed by atoms with Gasteiger partial charge < -0.3 is 35.6 Å². The van der Waals surface area contributed by atoms with Crippen LogP contribution in [0.3, 0.4) is 0 Å². The van der Waals surface area contributed by atoms with Gasteiger partial charge in [-0.3, -0.25) is 19.8 Å². The molecular formula is C41H39ClN8O6. The Morgan fingerprint density at radius 1 is 0.964 bits per heavy atom. The van der Waals surface area contributed by atoms with Gasteiger partial charge in [-0.15, -0.1) is 0 Å². The van der Waals surface area contributed by atoms with Gasteiger partial charge in [0, 0.05) is 49.5 Å². The second kappa shape index (κ2) is 18.3. The number of hydrogen-bond acceptors (Lipinski definition) is 12. The molecule has 1 atom stereocenters. The topological polar surface area (TPSA) is 204 Å². The van der Waals surface area contributed by atoms with E-state index in [2.05, 4.69) is 42.0 Å². The lowest BCUT2D eigenvalue weighted by Crippen LogP contribution is -2.44. The first kappa shape index (κ1) is 39.3. The SMILES string of the molecule is Cc1c(COc2nc(OCc3cncc(C#N)c3)c(C3=NCCC(C(=O)O)N3)cc2Cl)cccc1-c1cccc(NC(=O)c2ccc(CNCCO)cn2)c1C. The molecule has 1 amide bonds. The fourth-order valence-corrected chi connectivity index (χ4v) is 6.26. The lowest BCUT2D eigenvalue weighted by molar-refractivity contribution is -0.139.